The Bertz CT molecular complexity index is 1130. The monoisotopic (exact) mass is 477 g/mol. The van der Waals surface area contributed by atoms with Crippen LogP contribution < -0.4 is 10.3 Å². The Morgan fingerprint density at radius 3 is 2.51 bits per heavy atom. The van der Waals surface area contributed by atoms with Gasteiger partial charge in [0.05, 0.1) is 6.04 Å². The molecule has 3 aliphatic heterocycles. The minimum atomic E-state index is -0.328. The number of fused-ring (bicyclic) bond motifs is 1. The summed E-state index contributed by atoms with van der Waals surface area (Å²) < 4.78 is 13.3. The topological polar surface area (TPSA) is 59.1 Å². The number of nitrogens with zero attached hydrogens (tertiary/aromatic N) is 4. The van der Waals surface area contributed by atoms with E-state index in [1.165, 1.54) is 28.9 Å². The predicted octanol–water partition coefficient (Wildman–Crippen LogP) is 3.11. The van der Waals surface area contributed by atoms with Crippen molar-refractivity contribution in [1.29, 1.82) is 0 Å². The van der Waals surface area contributed by atoms with Gasteiger partial charge < -0.3 is 19.7 Å². The number of aryl methyl sites for hydroxylation is 1. The van der Waals surface area contributed by atoms with Crippen LogP contribution in [0.4, 0.5) is 10.1 Å². The molecule has 1 N–H and O–H groups in total. The van der Waals surface area contributed by atoms with Crippen LogP contribution in [0, 0.1) is 19.7 Å². The van der Waals surface area contributed by atoms with Gasteiger partial charge in [0.15, 0.2) is 0 Å². The zero-order valence-corrected chi connectivity index (χ0v) is 20.3. The molecule has 3 aliphatic rings. The van der Waals surface area contributed by atoms with Crippen LogP contribution >= 0.6 is 0 Å². The van der Waals surface area contributed by atoms with Crippen molar-refractivity contribution in [3.05, 3.63) is 77.4 Å². The van der Waals surface area contributed by atoms with Crippen LogP contribution in [0.15, 0.2) is 54.9 Å². The summed E-state index contributed by atoms with van der Waals surface area (Å²) in [6.07, 6.45) is 4.49. The first-order valence-corrected chi connectivity index (χ1v) is 12.3. The lowest BCUT2D eigenvalue weighted by atomic mass is 10.0. The summed E-state index contributed by atoms with van der Waals surface area (Å²) >= 11 is 0. The number of piperazine rings is 1. The third kappa shape index (κ3) is 4.75. The van der Waals surface area contributed by atoms with E-state index in [2.05, 4.69) is 42.4 Å². The number of hydrogen-bond acceptors (Lipinski definition) is 5. The van der Waals surface area contributed by atoms with Crippen molar-refractivity contribution in [2.45, 2.75) is 38.8 Å². The van der Waals surface area contributed by atoms with Gasteiger partial charge in [-0.3, -0.25) is 9.59 Å². The first-order chi connectivity index (χ1) is 16.9. The lowest BCUT2D eigenvalue weighted by Crippen LogP contribution is -2.51. The van der Waals surface area contributed by atoms with Crippen LogP contribution in [-0.4, -0.2) is 65.4 Å². The first kappa shape index (κ1) is 23.4. The molecule has 0 bridgehead atoms. The number of nitrogens with one attached hydrogen (secondary N) is 1. The van der Waals surface area contributed by atoms with Crippen molar-refractivity contribution in [2.75, 3.05) is 37.6 Å². The number of hydrogen-bond donors (Lipinski definition) is 1. The van der Waals surface area contributed by atoms with E-state index in [1.807, 2.05) is 16.1 Å². The Kier molecular flexibility index (Phi) is 6.47. The number of benzene rings is 2. The zero-order chi connectivity index (χ0) is 24.5. The second kappa shape index (κ2) is 9.70. The molecule has 2 aromatic rings. The number of rotatable bonds is 5. The summed E-state index contributed by atoms with van der Waals surface area (Å²) in [6, 6.07) is 12.3. The van der Waals surface area contributed by atoms with Gasteiger partial charge in [0, 0.05) is 57.2 Å². The van der Waals surface area contributed by atoms with Crippen LogP contribution in [0.25, 0.3) is 0 Å². The van der Waals surface area contributed by atoms with E-state index in [4.69, 9.17) is 0 Å². The molecule has 2 amide bonds. The van der Waals surface area contributed by atoms with E-state index < -0.39 is 0 Å². The Balaban J connectivity index is 1.12. The van der Waals surface area contributed by atoms with Crippen LogP contribution in [-0.2, 0) is 9.59 Å². The maximum Gasteiger partial charge on any atom is 0.250 e. The second-order valence-electron chi connectivity index (χ2n) is 9.56. The molecule has 8 heteroatoms. The molecule has 0 spiro atoms. The van der Waals surface area contributed by atoms with Crippen molar-refractivity contribution < 1.29 is 14.0 Å². The largest absolute Gasteiger partial charge is 0.368 e. The van der Waals surface area contributed by atoms with Gasteiger partial charge >= 0.3 is 0 Å². The number of hydrazine groups is 1. The smallest absolute Gasteiger partial charge is 0.250 e. The number of carbonyl (C=O) groups is 2. The molecule has 3 heterocycles. The Morgan fingerprint density at radius 2 is 1.77 bits per heavy atom. The fourth-order valence-corrected chi connectivity index (χ4v) is 5.18. The highest BCUT2D eigenvalue weighted by Crippen LogP contribution is 2.31. The molecule has 0 aliphatic carbocycles. The highest BCUT2D eigenvalue weighted by atomic mass is 19.1. The summed E-state index contributed by atoms with van der Waals surface area (Å²) in [5, 5.41) is 1.82. The molecule has 0 saturated carbocycles. The second-order valence-corrected chi connectivity index (χ2v) is 9.56. The minimum absolute atomic E-state index is 0.0165. The van der Waals surface area contributed by atoms with Crippen molar-refractivity contribution in [3.8, 4) is 0 Å². The number of carbonyl (C=O) groups excluding carboxylic acids is 2. The van der Waals surface area contributed by atoms with Gasteiger partial charge in [-0.05, 0) is 55.2 Å². The van der Waals surface area contributed by atoms with Gasteiger partial charge in [0.2, 0.25) is 5.91 Å². The average molecular weight is 478 g/mol. The van der Waals surface area contributed by atoms with Crippen molar-refractivity contribution in [3.63, 3.8) is 0 Å². The Labute approximate surface area is 205 Å². The van der Waals surface area contributed by atoms with Gasteiger partial charge in [0.25, 0.3) is 5.91 Å². The summed E-state index contributed by atoms with van der Waals surface area (Å²) in [7, 11) is 0. The standard InChI is InChI=1S/C27H32FN5O2/c1-19-4-3-5-24(20(19)2)30-12-14-31(15-13-30)26(34)10-11-32-16-17-33-25(27(32)35)18-23(29-33)21-6-8-22(28)9-7-21/h3-9,16-17,23,25,29H,10-15,18H2,1-2H3. The van der Waals surface area contributed by atoms with Gasteiger partial charge in [-0.25, -0.2) is 9.82 Å². The summed E-state index contributed by atoms with van der Waals surface area (Å²) in [6.45, 7) is 7.65. The summed E-state index contributed by atoms with van der Waals surface area (Å²) in [5.41, 5.74) is 8.08. The molecule has 7 nitrogen and oxygen atoms in total. The number of halogens is 1. The van der Waals surface area contributed by atoms with Crippen LogP contribution in [0.5, 0.6) is 0 Å². The first-order valence-electron chi connectivity index (χ1n) is 12.3. The fourth-order valence-electron chi connectivity index (χ4n) is 5.18. The van der Waals surface area contributed by atoms with E-state index in [1.54, 1.807) is 23.2 Å². The molecule has 35 heavy (non-hydrogen) atoms. The molecule has 2 aromatic carbocycles. The molecule has 184 valence electrons. The number of anilines is 1. The van der Waals surface area contributed by atoms with Crippen LogP contribution in [0.3, 0.4) is 0 Å². The molecule has 2 fully saturated rings. The van der Waals surface area contributed by atoms with E-state index in [9.17, 15) is 14.0 Å². The lowest BCUT2D eigenvalue weighted by molar-refractivity contribution is -0.136. The molecular formula is C27H32FN5O2. The highest BCUT2D eigenvalue weighted by molar-refractivity contribution is 5.85. The molecule has 2 atom stereocenters. The SMILES string of the molecule is Cc1cccc(N2CCN(C(=O)CCN3C=CN4NC(c5ccc(F)cc5)CC4C3=O)CC2)c1C. The minimum Gasteiger partial charge on any atom is -0.368 e. The molecular weight excluding hydrogens is 445 g/mol. The summed E-state index contributed by atoms with van der Waals surface area (Å²) in [4.78, 5) is 31.9. The van der Waals surface area contributed by atoms with Gasteiger partial charge in [-0.1, -0.05) is 24.3 Å². The van der Waals surface area contributed by atoms with Crippen molar-refractivity contribution in [1.82, 2.24) is 20.2 Å². The van der Waals surface area contributed by atoms with E-state index in [-0.39, 0.29) is 29.7 Å². The maximum atomic E-state index is 13.3. The quantitative estimate of drug-likeness (QED) is 0.717. The molecule has 0 radical (unpaired) electrons. The third-order valence-corrected chi connectivity index (χ3v) is 7.46. The zero-order valence-electron chi connectivity index (χ0n) is 20.3. The fraction of sp³-hybridized carbons (Fsp3) is 0.407. The van der Waals surface area contributed by atoms with Crippen molar-refractivity contribution in [2.24, 2.45) is 0 Å². The van der Waals surface area contributed by atoms with Gasteiger partial charge in [-0.2, -0.15) is 0 Å². The third-order valence-electron chi connectivity index (χ3n) is 7.46. The summed E-state index contributed by atoms with van der Waals surface area (Å²) in [5.74, 6) is -0.205. The van der Waals surface area contributed by atoms with Gasteiger partial charge in [0.1, 0.15) is 11.9 Å². The van der Waals surface area contributed by atoms with E-state index in [0.29, 0.717) is 32.5 Å². The lowest BCUT2D eigenvalue weighted by Gasteiger charge is -2.37. The van der Waals surface area contributed by atoms with Crippen molar-refractivity contribution >= 4 is 17.5 Å². The Morgan fingerprint density at radius 1 is 1.03 bits per heavy atom. The molecule has 2 saturated heterocycles. The Hall–Kier alpha value is -3.39. The molecule has 0 aromatic heterocycles. The van der Waals surface area contributed by atoms with E-state index >= 15 is 0 Å². The van der Waals surface area contributed by atoms with E-state index in [0.717, 1.165) is 18.7 Å². The normalized spacial score (nSPS) is 22.1. The molecule has 5 rings (SSSR count). The van der Waals surface area contributed by atoms with Crippen LogP contribution in [0.2, 0.25) is 0 Å². The average Bonchev–Trinajstić information content (AvgIpc) is 3.31. The number of amides is 2. The highest BCUT2D eigenvalue weighted by Gasteiger charge is 2.40. The van der Waals surface area contributed by atoms with Gasteiger partial charge in [-0.15, -0.1) is 0 Å². The molecule has 2 unspecified atom stereocenters. The maximum absolute atomic E-state index is 13.3. The predicted molar refractivity (Wildman–Crippen MR) is 133 cm³/mol. The van der Waals surface area contributed by atoms with Crippen LogP contribution in [0.1, 0.15) is 35.6 Å².